The number of nitrogens with zero attached hydrogens (tertiary/aromatic N) is 1. The lowest BCUT2D eigenvalue weighted by Gasteiger charge is -2.30. The average Bonchev–Trinajstić information content (AvgIpc) is 2.36. The third-order valence-electron chi connectivity index (χ3n) is 3.34. The van der Waals surface area contributed by atoms with E-state index < -0.39 is 0 Å². The fraction of sp³-hybridized carbons (Fsp3) is 0.533. The van der Waals surface area contributed by atoms with Crippen molar-refractivity contribution in [2.45, 2.75) is 26.7 Å². The van der Waals surface area contributed by atoms with Gasteiger partial charge in [-0.2, -0.15) is 0 Å². The van der Waals surface area contributed by atoms with Crippen LogP contribution < -0.4 is 16.0 Å². The Morgan fingerprint density at radius 2 is 2.26 bits per heavy atom. The van der Waals surface area contributed by atoms with Gasteiger partial charge in [0.1, 0.15) is 0 Å². The molecule has 0 atom stereocenters. The highest BCUT2D eigenvalue weighted by atomic mass is 16.1. The molecule has 1 aromatic rings. The van der Waals surface area contributed by atoms with E-state index in [1.165, 1.54) is 11.3 Å². The van der Waals surface area contributed by atoms with Crippen molar-refractivity contribution in [2.75, 3.05) is 29.9 Å². The van der Waals surface area contributed by atoms with Gasteiger partial charge in [-0.1, -0.05) is 19.9 Å². The Labute approximate surface area is 115 Å². The first-order valence-electron chi connectivity index (χ1n) is 6.97. The molecule has 0 aliphatic carbocycles. The maximum atomic E-state index is 11.3. The molecule has 1 aliphatic rings. The molecule has 2 rings (SSSR count). The Morgan fingerprint density at radius 1 is 1.47 bits per heavy atom. The Bertz CT molecular complexity index is 457. The highest BCUT2D eigenvalue weighted by Crippen LogP contribution is 2.31. The molecule has 4 heteroatoms. The topological polar surface area (TPSA) is 58.4 Å². The Hall–Kier alpha value is -1.71. The van der Waals surface area contributed by atoms with Crippen LogP contribution >= 0.6 is 0 Å². The molecule has 1 heterocycles. The Balaban J connectivity index is 2.32. The third kappa shape index (κ3) is 3.40. The van der Waals surface area contributed by atoms with Gasteiger partial charge in [0.2, 0.25) is 5.91 Å². The number of anilines is 2. The van der Waals surface area contributed by atoms with Crippen LogP contribution in [0.2, 0.25) is 0 Å². The zero-order chi connectivity index (χ0) is 13.8. The van der Waals surface area contributed by atoms with E-state index in [4.69, 9.17) is 5.73 Å². The van der Waals surface area contributed by atoms with E-state index in [2.05, 4.69) is 36.2 Å². The SMILES string of the molecule is CC(C)CN(CC(N)=O)c1cccc2c1CCCN2. The predicted molar refractivity (Wildman–Crippen MR) is 79.5 cm³/mol. The number of benzene rings is 1. The van der Waals surface area contributed by atoms with Crippen LogP contribution in [0.1, 0.15) is 25.8 Å². The van der Waals surface area contributed by atoms with Crippen LogP contribution in [0.25, 0.3) is 0 Å². The highest BCUT2D eigenvalue weighted by Gasteiger charge is 2.18. The number of fused-ring (bicyclic) bond motifs is 1. The average molecular weight is 261 g/mol. The van der Waals surface area contributed by atoms with E-state index in [1.54, 1.807) is 0 Å². The van der Waals surface area contributed by atoms with Gasteiger partial charge in [-0.05, 0) is 36.5 Å². The molecule has 19 heavy (non-hydrogen) atoms. The molecule has 1 amide bonds. The second-order valence-corrected chi connectivity index (χ2v) is 5.57. The molecule has 3 N–H and O–H groups in total. The zero-order valence-electron chi connectivity index (χ0n) is 11.8. The molecule has 0 aromatic heterocycles. The summed E-state index contributed by atoms with van der Waals surface area (Å²) in [5.74, 6) is 0.216. The fourth-order valence-electron chi connectivity index (χ4n) is 2.66. The molecule has 4 nitrogen and oxygen atoms in total. The van der Waals surface area contributed by atoms with Gasteiger partial charge >= 0.3 is 0 Å². The summed E-state index contributed by atoms with van der Waals surface area (Å²) in [5, 5.41) is 3.42. The Kier molecular flexibility index (Phi) is 4.30. The van der Waals surface area contributed by atoms with E-state index in [1.807, 2.05) is 6.07 Å². The van der Waals surface area contributed by atoms with E-state index in [0.717, 1.165) is 31.6 Å². The van der Waals surface area contributed by atoms with Crippen LogP contribution in [0.3, 0.4) is 0 Å². The number of amides is 1. The molecule has 1 aromatic carbocycles. The van der Waals surface area contributed by atoms with Crippen molar-refractivity contribution in [3.05, 3.63) is 23.8 Å². The number of primary amides is 1. The van der Waals surface area contributed by atoms with Gasteiger partial charge in [-0.3, -0.25) is 4.79 Å². The normalized spacial score (nSPS) is 13.8. The summed E-state index contributed by atoms with van der Waals surface area (Å²) in [4.78, 5) is 13.4. The minimum absolute atomic E-state index is 0.276. The number of hydrogen-bond donors (Lipinski definition) is 2. The van der Waals surface area contributed by atoms with Gasteiger partial charge in [-0.25, -0.2) is 0 Å². The first kappa shape index (κ1) is 13.7. The van der Waals surface area contributed by atoms with Crippen LogP contribution in [-0.2, 0) is 11.2 Å². The molecule has 1 aliphatic heterocycles. The second kappa shape index (κ2) is 5.95. The maximum absolute atomic E-state index is 11.3. The summed E-state index contributed by atoms with van der Waals surface area (Å²) in [6, 6.07) is 6.24. The molecule has 0 spiro atoms. The largest absolute Gasteiger partial charge is 0.385 e. The van der Waals surface area contributed by atoms with Crippen molar-refractivity contribution in [1.29, 1.82) is 0 Å². The van der Waals surface area contributed by atoms with Gasteiger partial charge in [0.05, 0.1) is 6.54 Å². The molecule has 0 fully saturated rings. The van der Waals surface area contributed by atoms with Gasteiger partial charge in [0, 0.05) is 24.5 Å². The summed E-state index contributed by atoms with van der Waals surface area (Å²) in [6.07, 6.45) is 2.20. The summed E-state index contributed by atoms with van der Waals surface area (Å²) >= 11 is 0. The number of hydrogen-bond acceptors (Lipinski definition) is 3. The molecule has 0 saturated heterocycles. The molecular formula is C15H23N3O. The van der Waals surface area contributed by atoms with Crippen molar-refractivity contribution < 1.29 is 4.79 Å². The maximum Gasteiger partial charge on any atom is 0.236 e. The van der Waals surface area contributed by atoms with Gasteiger partial charge < -0.3 is 16.0 Å². The molecule has 0 saturated carbocycles. The highest BCUT2D eigenvalue weighted by molar-refractivity contribution is 5.81. The lowest BCUT2D eigenvalue weighted by atomic mass is 10.00. The fourth-order valence-corrected chi connectivity index (χ4v) is 2.66. The zero-order valence-corrected chi connectivity index (χ0v) is 11.8. The van der Waals surface area contributed by atoms with Crippen molar-refractivity contribution >= 4 is 17.3 Å². The summed E-state index contributed by atoms with van der Waals surface area (Å²) in [6.45, 7) is 6.47. The third-order valence-corrected chi connectivity index (χ3v) is 3.34. The minimum Gasteiger partial charge on any atom is -0.385 e. The molecule has 104 valence electrons. The Morgan fingerprint density at radius 3 is 2.95 bits per heavy atom. The second-order valence-electron chi connectivity index (χ2n) is 5.57. The molecular weight excluding hydrogens is 238 g/mol. The standard InChI is InChI=1S/C15H23N3O/c1-11(2)9-18(10-15(16)19)14-7-3-6-13-12(14)5-4-8-17-13/h3,6-7,11,17H,4-5,8-10H2,1-2H3,(H2,16,19). The van der Waals surface area contributed by atoms with E-state index in [-0.39, 0.29) is 12.5 Å². The summed E-state index contributed by atoms with van der Waals surface area (Å²) in [7, 11) is 0. The first-order chi connectivity index (χ1) is 9.08. The summed E-state index contributed by atoms with van der Waals surface area (Å²) in [5.41, 5.74) is 9.05. The number of carbonyl (C=O) groups excluding carboxylic acids is 1. The van der Waals surface area contributed by atoms with E-state index in [9.17, 15) is 4.79 Å². The molecule has 0 radical (unpaired) electrons. The van der Waals surface area contributed by atoms with Crippen molar-refractivity contribution in [1.82, 2.24) is 0 Å². The van der Waals surface area contributed by atoms with Crippen LogP contribution in [0.15, 0.2) is 18.2 Å². The number of carbonyl (C=O) groups is 1. The monoisotopic (exact) mass is 261 g/mol. The number of nitrogens with two attached hydrogens (primary N) is 1. The number of nitrogens with one attached hydrogen (secondary N) is 1. The van der Waals surface area contributed by atoms with Crippen LogP contribution in [0.4, 0.5) is 11.4 Å². The van der Waals surface area contributed by atoms with Gasteiger partial charge in [0.15, 0.2) is 0 Å². The number of rotatable bonds is 5. The lowest BCUT2D eigenvalue weighted by Crippen LogP contribution is -2.37. The predicted octanol–water partition coefficient (Wildman–Crippen LogP) is 1.99. The van der Waals surface area contributed by atoms with Gasteiger partial charge in [0.25, 0.3) is 0 Å². The van der Waals surface area contributed by atoms with Crippen LogP contribution in [0.5, 0.6) is 0 Å². The quantitative estimate of drug-likeness (QED) is 0.852. The van der Waals surface area contributed by atoms with Crippen LogP contribution in [0, 0.1) is 5.92 Å². The first-order valence-corrected chi connectivity index (χ1v) is 6.97. The van der Waals surface area contributed by atoms with Crippen molar-refractivity contribution in [3.8, 4) is 0 Å². The molecule has 0 unspecified atom stereocenters. The molecule has 0 bridgehead atoms. The lowest BCUT2D eigenvalue weighted by molar-refractivity contribution is -0.116. The van der Waals surface area contributed by atoms with Crippen LogP contribution in [-0.4, -0.2) is 25.5 Å². The minimum atomic E-state index is -0.276. The summed E-state index contributed by atoms with van der Waals surface area (Å²) < 4.78 is 0. The van der Waals surface area contributed by atoms with E-state index in [0.29, 0.717) is 5.92 Å². The smallest absolute Gasteiger partial charge is 0.236 e. The van der Waals surface area contributed by atoms with Crippen molar-refractivity contribution in [2.24, 2.45) is 11.7 Å². The van der Waals surface area contributed by atoms with E-state index >= 15 is 0 Å². The van der Waals surface area contributed by atoms with Gasteiger partial charge in [-0.15, -0.1) is 0 Å². The van der Waals surface area contributed by atoms with Crippen molar-refractivity contribution in [3.63, 3.8) is 0 Å².